The number of aromatic nitrogens is 4. The lowest BCUT2D eigenvalue weighted by atomic mass is 10.2. The minimum atomic E-state index is -0.144. The molecule has 2 aromatic heterocycles. The number of anilines is 1. The van der Waals surface area contributed by atoms with Gasteiger partial charge in [0.15, 0.2) is 0 Å². The number of hydrogen-bond acceptors (Lipinski definition) is 5. The zero-order chi connectivity index (χ0) is 13.8. The van der Waals surface area contributed by atoms with Gasteiger partial charge < -0.3 is 10.3 Å². The van der Waals surface area contributed by atoms with E-state index in [0.29, 0.717) is 18.1 Å². The van der Waals surface area contributed by atoms with Crippen LogP contribution in [0.1, 0.15) is 37.1 Å². The molecule has 100 valence electrons. The maximum atomic E-state index is 11.3. The molecular weight excluding hydrogens is 242 g/mol. The van der Waals surface area contributed by atoms with Crippen molar-refractivity contribution >= 4 is 5.82 Å². The van der Waals surface area contributed by atoms with Crippen molar-refractivity contribution in [1.82, 2.24) is 19.9 Å². The van der Waals surface area contributed by atoms with Gasteiger partial charge in [-0.25, -0.2) is 15.0 Å². The molecule has 2 heterocycles. The Bertz CT molecular complexity index is 620. The fourth-order valence-electron chi connectivity index (χ4n) is 1.65. The first-order valence-corrected chi connectivity index (χ1v) is 6.18. The van der Waals surface area contributed by atoms with Gasteiger partial charge in [-0.2, -0.15) is 0 Å². The van der Waals surface area contributed by atoms with Crippen molar-refractivity contribution in [1.29, 1.82) is 0 Å². The van der Waals surface area contributed by atoms with E-state index in [1.807, 2.05) is 13.8 Å². The van der Waals surface area contributed by atoms with Gasteiger partial charge in [0.25, 0.3) is 5.56 Å². The first-order chi connectivity index (χ1) is 9.04. The van der Waals surface area contributed by atoms with Crippen molar-refractivity contribution in [3.8, 4) is 0 Å². The van der Waals surface area contributed by atoms with E-state index in [4.69, 9.17) is 0 Å². The van der Waals surface area contributed by atoms with Crippen molar-refractivity contribution in [3.05, 3.63) is 46.0 Å². The minimum absolute atomic E-state index is 0.144. The fourth-order valence-corrected chi connectivity index (χ4v) is 1.65. The van der Waals surface area contributed by atoms with Crippen molar-refractivity contribution in [2.75, 3.05) is 5.32 Å². The third-order valence-corrected chi connectivity index (χ3v) is 2.55. The molecule has 0 saturated heterocycles. The predicted molar refractivity (Wildman–Crippen MR) is 73.0 cm³/mol. The largest absolute Gasteiger partial charge is 0.363 e. The van der Waals surface area contributed by atoms with Gasteiger partial charge in [0.05, 0.1) is 6.54 Å². The van der Waals surface area contributed by atoms with Crippen LogP contribution in [0.2, 0.25) is 0 Å². The molecule has 0 spiro atoms. The molecule has 0 radical (unpaired) electrons. The van der Waals surface area contributed by atoms with Gasteiger partial charge >= 0.3 is 0 Å². The minimum Gasteiger partial charge on any atom is -0.363 e. The highest BCUT2D eigenvalue weighted by Crippen LogP contribution is 2.11. The Labute approximate surface area is 111 Å². The molecule has 2 rings (SSSR count). The molecule has 2 aromatic rings. The van der Waals surface area contributed by atoms with Gasteiger partial charge in [0.2, 0.25) is 0 Å². The maximum absolute atomic E-state index is 11.3. The van der Waals surface area contributed by atoms with Gasteiger partial charge in [-0.15, -0.1) is 0 Å². The SMILES string of the molecule is Cc1cc(=O)[nH]c(CNc2ccnc(C(C)C)n2)n1. The third kappa shape index (κ3) is 3.61. The van der Waals surface area contributed by atoms with Crippen molar-refractivity contribution in [3.63, 3.8) is 0 Å². The third-order valence-electron chi connectivity index (χ3n) is 2.55. The molecule has 0 saturated carbocycles. The summed E-state index contributed by atoms with van der Waals surface area (Å²) in [7, 11) is 0. The molecule has 6 heteroatoms. The highest BCUT2D eigenvalue weighted by atomic mass is 16.1. The normalized spacial score (nSPS) is 10.7. The molecular formula is C13H17N5O. The highest BCUT2D eigenvalue weighted by molar-refractivity contribution is 5.33. The summed E-state index contributed by atoms with van der Waals surface area (Å²) in [6.07, 6.45) is 1.72. The zero-order valence-electron chi connectivity index (χ0n) is 11.3. The standard InChI is InChI=1S/C13H17N5O/c1-8(2)13-14-5-4-10(18-13)15-7-11-16-9(3)6-12(19)17-11/h4-6,8H,7H2,1-3H3,(H,14,15,18)(H,16,17,19). The summed E-state index contributed by atoms with van der Waals surface area (Å²) in [6.45, 7) is 6.29. The van der Waals surface area contributed by atoms with Crippen LogP contribution in [0.3, 0.4) is 0 Å². The Hall–Kier alpha value is -2.24. The predicted octanol–water partition coefficient (Wildman–Crippen LogP) is 1.60. The van der Waals surface area contributed by atoms with Crippen LogP contribution in [0.15, 0.2) is 23.1 Å². The molecule has 0 unspecified atom stereocenters. The van der Waals surface area contributed by atoms with Crippen molar-refractivity contribution < 1.29 is 0 Å². The van der Waals surface area contributed by atoms with Crippen LogP contribution in [0.5, 0.6) is 0 Å². The Morgan fingerprint density at radius 1 is 1.37 bits per heavy atom. The summed E-state index contributed by atoms with van der Waals surface area (Å²) in [5.41, 5.74) is 0.556. The summed E-state index contributed by atoms with van der Waals surface area (Å²) in [5, 5.41) is 3.13. The van der Waals surface area contributed by atoms with Gasteiger partial charge in [-0.05, 0) is 13.0 Å². The second-order valence-electron chi connectivity index (χ2n) is 4.64. The van der Waals surface area contributed by atoms with E-state index in [1.54, 1.807) is 19.2 Å². The monoisotopic (exact) mass is 259 g/mol. The van der Waals surface area contributed by atoms with E-state index in [0.717, 1.165) is 11.6 Å². The lowest BCUT2D eigenvalue weighted by molar-refractivity contribution is 0.773. The Balaban J connectivity index is 2.10. The van der Waals surface area contributed by atoms with E-state index in [-0.39, 0.29) is 11.5 Å². The average Bonchev–Trinajstić information content (AvgIpc) is 2.35. The summed E-state index contributed by atoms with van der Waals surface area (Å²) >= 11 is 0. The lowest BCUT2D eigenvalue weighted by Crippen LogP contribution is -2.14. The van der Waals surface area contributed by atoms with Gasteiger partial charge in [-0.1, -0.05) is 13.8 Å². The molecule has 0 fully saturated rings. The molecule has 0 aromatic carbocycles. The summed E-state index contributed by atoms with van der Waals surface area (Å²) in [5.74, 6) is 2.38. The van der Waals surface area contributed by atoms with E-state index in [2.05, 4.69) is 25.3 Å². The summed E-state index contributed by atoms with van der Waals surface area (Å²) < 4.78 is 0. The number of aryl methyl sites for hydroxylation is 1. The van der Waals surface area contributed by atoms with Gasteiger partial charge in [-0.3, -0.25) is 4.79 Å². The molecule has 0 aliphatic carbocycles. The van der Waals surface area contributed by atoms with E-state index >= 15 is 0 Å². The molecule has 0 atom stereocenters. The topological polar surface area (TPSA) is 83.6 Å². The second kappa shape index (κ2) is 5.60. The Kier molecular flexibility index (Phi) is 3.89. The molecule has 0 aliphatic rings. The first-order valence-electron chi connectivity index (χ1n) is 6.18. The number of nitrogens with one attached hydrogen (secondary N) is 2. The first kappa shape index (κ1) is 13.2. The number of H-pyrrole nitrogens is 1. The van der Waals surface area contributed by atoms with Gasteiger partial charge in [0.1, 0.15) is 17.5 Å². The van der Waals surface area contributed by atoms with Crippen LogP contribution in [0, 0.1) is 6.92 Å². The number of hydrogen-bond donors (Lipinski definition) is 2. The number of aromatic amines is 1. The van der Waals surface area contributed by atoms with Crippen LogP contribution in [-0.2, 0) is 6.54 Å². The van der Waals surface area contributed by atoms with Crippen LogP contribution in [0.4, 0.5) is 5.82 Å². The van der Waals surface area contributed by atoms with Crippen molar-refractivity contribution in [2.45, 2.75) is 33.2 Å². The fraction of sp³-hybridized carbons (Fsp3) is 0.385. The number of nitrogens with zero attached hydrogens (tertiary/aromatic N) is 3. The lowest BCUT2D eigenvalue weighted by Gasteiger charge is -2.08. The Morgan fingerprint density at radius 2 is 2.16 bits per heavy atom. The summed E-state index contributed by atoms with van der Waals surface area (Å²) in [4.78, 5) is 26.8. The van der Waals surface area contributed by atoms with Gasteiger partial charge in [0, 0.05) is 23.9 Å². The van der Waals surface area contributed by atoms with E-state index in [9.17, 15) is 4.79 Å². The second-order valence-corrected chi connectivity index (χ2v) is 4.64. The van der Waals surface area contributed by atoms with Crippen LogP contribution >= 0.6 is 0 Å². The van der Waals surface area contributed by atoms with E-state index < -0.39 is 0 Å². The highest BCUT2D eigenvalue weighted by Gasteiger charge is 2.04. The molecule has 2 N–H and O–H groups in total. The van der Waals surface area contributed by atoms with E-state index in [1.165, 1.54) is 6.07 Å². The van der Waals surface area contributed by atoms with Crippen LogP contribution in [-0.4, -0.2) is 19.9 Å². The Morgan fingerprint density at radius 3 is 2.84 bits per heavy atom. The number of rotatable bonds is 4. The molecule has 0 bridgehead atoms. The van der Waals surface area contributed by atoms with Crippen molar-refractivity contribution in [2.24, 2.45) is 0 Å². The molecule has 0 amide bonds. The van der Waals surface area contributed by atoms with Crippen LogP contribution in [0.25, 0.3) is 0 Å². The molecule has 0 aliphatic heterocycles. The van der Waals surface area contributed by atoms with Crippen LogP contribution < -0.4 is 10.9 Å². The molecule has 6 nitrogen and oxygen atoms in total. The summed E-state index contributed by atoms with van der Waals surface area (Å²) in [6, 6.07) is 3.25. The molecule has 19 heavy (non-hydrogen) atoms. The maximum Gasteiger partial charge on any atom is 0.251 e. The quantitative estimate of drug-likeness (QED) is 0.871. The average molecular weight is 259 g/mol. The smallest absolute Gasteiger partial charge is 0.251 e. The zero-order valence-corrected chi connectivity index (χ0v) is 11.3.